The molecule has 0 radical (unpaired) electrons. The first-order chi connectivity index (χ1) is 14.7. The van der Waals surface area contributed by atoms with E-state index in [1.807, 2.05) is 32.9 Å². The highest BCUT2D eigenvalue weighted by Gasteiger charge is 2.25. The molecular formula is C21H35N7O3. The Morgan fingerprint density at radius 2 is 1.90 bits per heavy atom. The number of nitrogens with two attached hydrogens (primary N) is 1. The Bertz CT molecular complexity index is 768. The van der Waals surface area contributed by atoms with Crippen molar-refractivity contribution in [3.63, 3.8) is 0 Å². The molecule has 1 saturated heterocycles. The molecule has 2 heterocycles. The van der Waals surface area contributed by atoms with Crippen molar-refractivity contribution in [2.24, 2.45) is 16.6 Å². The molecule has 0 unspecified atom stereocenters. The SMILES string of the molecule is CN=C(NCCNC(=O)OC(C)(C)C)NCc1cccnc1N1CCC(C(N)=O)CC1. The van der Waals surface area contributed by atoms with Gasteiger partial charge >= 0.3 is 6.09 Å². The Labute approximate surface area is 184 Å². The standard InChI is InChI=1S/C21H35N7O3/c1-21(2,3)31-20(30)26-11-10-25-19(23-4)27-14-16-6-5-9-24-18(16)28-12-7-15(8-13-28)17(22)29/h5-6,9,15H,7-8,10-14H2,1-4H3,(H2,22,29)(H,26,30)(H2,23,25,27). The van der Waals surface area contributed by atoms with Crippen molar-refractivity contribution in [2.75, 3.05) is 38.1 Å². The Balaban J connectivity index is 1.81. The molecule has 1 fully saturated rings. The summed E-state index contributed by atoms with van der Waals surface area (Å²) in [6, 6.07) is 3.92. The zero-order valence-electron chi connectivity index (χ0n) is 18.9. The quantitative estimate of drug-likeness (QED) is 0.286. The Hall–Kier alpha value is -3.04. The summed E-state index contributed by atoms with van der Waals surface area (Å²) in [5.74, 6) is 1.24. The molecule has 0 aromatic carbocycles. The lowest BCUT2D eigenvalue weighted by atomic mass is 9.96. The van der Waals surface area contributed by atoms with Crippen LogP contribution in [0, 0.1) is 5.92 Å². The number of pyridine rings is 1. The van der Waals surface area contributed by atoms with E-state index in [4.69, 9.17) is 10.5 Å². The molecule has 2 amide bonds. The summed E-state index contributed by atoms with van der Waals surface area (Å²) >= 11 is 0. The van der Waals surface area contributed by atoms with Gasteiger partial charge in [0.2, 0.25) is 5.91 Å². The number of carbonyl (C=O) groups excluding carboxylic acids is 2. The molecule has 1 aliphatic heterocycles. The van der Waals surface area contributed by atoms with Crippen LogP contribution in [-0.4, -0.2) is 61.8 Å². The lowest BCUT2D eigenvalue weighted by Crippen LogP contribution is -2.42. The van der Waals surface area contributed by atoms with Crippen LogP contribution in [0.2, 0.25) is 0 Å². The molecule has 10 nitrogen and oxygen atoms in total. The van der Waals surface area contributed by atoms with E-state index in [2.05, 4.69) is 30.8 Å². The number of primary amides is 1. The largest absolute Gasteiger partial charge is 0.444 e. The highest BCUT2D eigenvalue weighted by Crippen LogP contribution is 2.24. The van der Waals surface area contributed by atoms with Crippen molar-refractivity contribution < 1.29 is 14.3 Å². The maximum atomic E-state index is 11.7. The number of hydrogen-bond acceptors (Lipinski definition) is 6. The molecule has 0 spiro atoms. The number of amides is 2. The average Bonchev–Trinajstić information content (AvgIpc) is 2.72. The molecule has 31 heavy (non-hydrogen) atoms. The summed E-state index contributed by atoms with van der Waals surface area (Å²) in [5.41, 5.74) is 5.95. The molecule has 172 valence electrons. The number of piperidine rings is 1. The molecule has 0 atom stereocenters. The first kappa shape index (κ1) is 24.2. The topological polar surface area (TPSA) is 134 Å². The van der Waals surface area contributed by atoms with Crippen molar-refractivity contribution in [3.8, 4) is 0 Å². The van der Waals surface area contributed by atoms with Crippen molar-refractivity contribution in [3.05, 3.63) is 23.9 Å². The number of guanidine groups is 1. The summed E-state index contributed by atoms with van der Waals surface area (Å²) in [4.78, 5) is 34.0. The van der Waals surface area contributed by atoms with Crippen molar-refractivity contribution in [1.82, 2.24) is 20.9 Å². The van der Waals surface area contributed by atoms with Gasteiger partial charge in [0, 0.05) is 57.4 Å². The van der Waals surface area contributed by atoms with E-state index in [1.54, 1.807) is 13.2 Å². The lowest BCUT2D eigenvalue weighted by molar-refractivity contribution is -0.122. The first-order valence-corrected chi connectivity index (χ1v) is 10.6. The minimum atomic E-state index is -0.522. The zero-order valence-corrected chi connectivity index (χ0v) is 18.9. The third kappa shape index (κ3) is 8.31. The number of alkyl carbamates (subject to hydrolysis) is 1. The molecule has 1 aromatic heterocycles. The maximum absolute atomic E-state index is 11.7. The summed E-state index contributed by atoms with van der Waals surface area (Å²) in [5, 5.41) is 9.13. The Morgan fingerprint density at radius 1 is 1.23 bits per heavy atom. The molecule has 5 N–H and O–H groups in total. The number of nitrogens with zero attached hydrogens (tertiary/aromatic N) is 3. The number of ether oxygens (including phenoxy) is 1. The fraction of sp³-hybridized carbons (Fsp3) is 0.619. The molecule has 1 aromatic rings. The lowest BCUT2D eigenvalue weighted by Gasteiger charge is -2.32. The minimum Gasteiger partial charge on any atom is -0.444 e. The molecule has 0 aliphatic carbocycles. The molecule has 10 heteroatoms. The van der Waals surface area contributed by atoms with E-state index in [1.165, 1.54) is 0 Å². The van der Waals surface area contributed by atoms with Crippen LogP contribution in [0.1, 0.15) is 39.2 Å². The van der Waals surface area contributed by atoms with Crippen LogP contribution >= 0.6 is 0 Å². The van der Waals surface area contributed by atoms with Gasteiger partial charge in [-0.05, 0) is 39.7 Å². The van der Waals surface area contributed by atoms with E-state index in [0.717, 1.165) is 37.3 Å². The van der Waals surface area contributed by atoms with Crippen LogP contribution in [0.5, 0.6) is 0 Å². The molecule has 0 bridgehead atoms. The predicted octanol–water partition coefficient (Wildman–Crippen LogP) is 0.973. The van der Waals surface area contributed by atoms with Gasteiger partial charge in [-0.15, -0.1) is 0 Å². The average molecular weight is 434 g/mol. The number of hydrogen-bond donors (Lipinski definition) is 4. The van der Waals surface area contributed by atoms with Crippen LogP contribution in [0.4, 0.5) is 10.6 Å². The van der Waals surface area contributed by atoms with E-state index in [-0.39, 0.29) is 11.8 Å². The number of aromatic nitrogens is 1. The van der Waals surface area contributed by atoms with E-state index >= 15 is 0 Å². The van der Waals surface area contributed by atoms with Crippen LogP contribution in [-0.2, 0) is 16.1 Å². The van der Waals surface area contributed by atoms with Gasteiger partial charge in [0.15, 0.2) is 5.96 Å². The van der Waals surface area contributed by atoms with Gasteiger partial charge in [-0.3, -0.25) is 9.79 Å². The summed E-state index contributed by atoms with van der Waals surface area (Å²) < 4.78 is 5.21. The molecular weight excluding hydrogens is 398 g/mol. The second-order valence-electron chi connectivity index (χ2n) is 8.43. The number of nitrogens with one attached hydrogen (secondary N) is 3. The number of anilines is 1. The zero-order chi connectivity index (χ0) is 22.9. The third-order valence-electron chi connectivity index (χ3n) is 4.82. The second kappa shape index (κ2) is 11.4. The number of carbonyl (C=O) groups is 2. The Morgan fingerprint density at radius 3 is 2.52 bits per heavy atom. The molecule has 1 aliphatic rings. The number of rotatable bonds is 7. The number of aliphatic imine (C=N–C) groups is 1. The van der Waals surface area contributed by atoms with Crippen molar-refractivity contribution in [2.45, 2.75) is 45.8 Å². The summed E-state index contributed by atoms with van der Waals surface area (Å²) in [6.45, 7) is 8.41. The van der Waals surface area contributed by atoms with Crippen LogP contribution in [0.15, 0.2) is 23.3 Å². The van der Waals surface area contributed by atoms with Crippen LogP contribution in [0.3, 0.4) is 0 Å². The van der Waals surface area contributed by atoms with E-state index < -0.39 is 11.7 Å². The van der Waals surface area contributed by atoms with Crippen molar-refractivity contribution in [1.29, 1.82) is 0 Å². The van der Waals surface area contributed by atoms with Gasteiger partial charge in [-0.25, -0.2) is 9.78 Å². The predicted molar refractivity (Wildman–Crippen MR) is 121 cm³/mol. The van der Waals surface area contributed by atoms with E-state index in [0.29, 0.717) is 25.6 Å². The van der Waals surface area contributed by atoms with Gasteiger partial charge in [-0.1, -0.05) is 6.07 Å². The fourth-order valence-corrected chi connectivity index (χ4v) is 3.29. The van der Waals surface area contributed by atoms with Gasteiger partial charge in [0.05, 0.1) is 0 Å². The van der Waals surface area contributed by atoms with Gasteiger partial charge < -0.3 is 31.3 Å². The fourth-order valence-electron chi connectivity index (χ4n) is 3.29. The van der Waals surface area contributed by atoms with Gasteiger partial charge in [0.1, 0.15) is 11.4 Å². The first-order valence-electron chi connectivity index (χ1n) is 10.6. The highest BCUT2D eigenvalue weighted by atomic mass is 16.6. The van der Waals surface area contributed by atoms with Crippen LogP contribution < -0.4 is 26.6 Å². The van der Waals surface area contributed by atoms with E-state index in [9.17, 15) is 9.59 Å². The van der Waals surface area contributed by atoms with Gasteiger partial charge in [-0.2, -0.15) is 0 Å². The maximum Gasteiger partial charge on any atom is 0.407 e. The Kier molecular flexibility index (Phi) is 8.89. The molecule has 2 rings (SSSR count). The third-order valence-corrected chi connectivity index (χ3v) is 4.82. The van der Waals surface area contributed by atoms with Crippen LogP contribution in [0.25, 0.3) is 0 Å². The minimum absolute atomic E-state index is 0.0566. The second-order valence-corrected chi connectivity index (χ2v) is 8.43. The highest BCUT2D eigenvalue weighted by molar-refractivity contribution is 5.80. The van der Waals surface area contributed by atoms with Gasteiger partial charge in [0.25, 0.3) is 0 Å². The molecule has 0 saturated carbocycles. The smallest absolute Gasteiger partial charge is 0.407 e. The normalized spacial score (nSPS) is 15.4. The van der Waals surface area contributed by atoms with Crippen molar-refractivity contribution >= 4 is 23.8 Å². The summed E-state index contributed by atoms with van der Waals surface area (Å²) in [7, 11) is 1.69. The summed E-state index contributed by atoms with van der Waals surface area (Å²) in [6.07, 6.45) is 2.81. The monoisotopic (exact) mass is 433 g/mol.